The second-order valence-electron chi connectivity index (χ2n) is 4.09. The summed E-state index contributed by atoms with van der Waals surface area (Å²) in [6.45, 7) is 2.07. The second kappa shape index (κ2) is 5.93. The van der Waals surface area contributed by atoms with E-state index in [0.29, 0.717) is 5.75 Å². The number of anilines is 1. The molecule has 0 fully saturated rings. The number of hydrogen-bond acceptors (Lipinski definition) is 2. The van der Waals surface area contributed by atoms with E-state index in [1.54, 1.807) is 12.1 Å². The predicted molar refractivity (Wildman–Crippen MR) is 87.0 cm³/mol. The highest BCUT2D eigenvalue weighted by Gasteiger charge is 2.06. The van der Waals surface area contributed by atoms with Crippen LogP contribution in [-0.4, -0.2) is 5.11 Å². The van der Waals surface area contributed by atoms with Gasteiger partial charge in [0.25, 0.3) is 0 Å². The van der Waals surface area contributed by atoms with Crippen molar-refractivity contribution in [1.82, 2.24) is 0 Å². The minimum Gasteiger partial charge on any atom is -0.508 e. The van der Waals surface area contributed by atoms with Crippen LogP contribution in [0.3, 0.4) is 0 Å². The third-order valence-electron chi connectivity index (χ3n) is 2.67. The molecule has 0 aliphatic rings. The Labute approximate surface area is 129 Å². The number of benzene rings is 2. The number of halogens is 2. The predicted octanol–water partition coefficient (Wildman–Crippen LogP) is 4.93. The summed E-state index contributed by atoms with van der Waals surface area (Å²) >= 11 is 5.77. The first-order valence-electron chi connectivity index (χ1n) is 5.57. The van der Waals surface area contributed by atoms with Crippen molar-refractivity contribution in [2.45, 2.75) is 13.0 Å². The molecule has 2 rings (SSSR count). The van der Waals surface area contributed by atoms with Crippen LogP contribution in [0.15, 0.2) is 46.9 Å². The first kappa shape index (κ1) is 13.7. The van der Waals surface area contributed by atoms with Crippen LogP contribution in [-0.2, 0) is 0 Å². The highest BCUT2D eigenvalue weighted by atomic mass is 127. The van der Waals surface area contributed by atoms with Gasteiger partial charge in [0.2, 0.25) is 0 Å². The zero-order valence-electron chi connectivity index (χ0n) is 9.82. The Bertz CT molecular complexity index is 559. The maximum absolute atomic E-state index is 9.47. The van der Waals surface area contributed by atoms with Crippen LogP contribution in [0, 0.1) is 3.57 Å². The van der Waals surface area contributed by atoms with Crippen molar-refractivity contribution in [3.05, 3.63) is 56.1 Å². The Morgan fingerprint density at radius 1 is 1.22 bits per heavy atom. The normalized spacial score (nSPS) is 12.2. The molecule has 1 atom stereocenters. The smallest absolute Gasteiger partial charge is 0.115 e. The fourth-order valence-corrected chi connectivity index (χ4v) is 2.48. The molecule has 2 nitrogen and oxygen atoms in total. The topological polar surface area (TPSA) is 32.3 Å². The summed E-state index contributed by atoms with van der Waals surface area (Å²) in [5, 5.41) is 12.9. The lowest BCUT2D eigenvalue weighted by molar-refractivity contribution is 0.474. The molecule has 0 aliphatic carbocycles. The molecule has 18 heavy (non-hydrogen) atoms. The molecule has 0 aliphatic heterocycles. The summed E-state index contributed by atoms with van der Waals surface area (Å²) < 4.78 is 2.26. The zero-order chi connectivity index (χ0) is 13.1. The standard InChI is InChI=1S/C14H13BrINO/c1-9(10-3-2-4-12(18)7-10)17-11-5-6-13(15)14(16)8-11/h2-9,17-18H,1H3. The van der Waals surface area contributed by atoms with Gasteiger partial charge < -0.3 is 10.4 Å². The molecule has 1 unspecified atom stereocenters. The van der Waals surface area contributed by atoms with Crippen LogP contribution in [0.2, 0.25) is 0 Å². The molecular formula is C14H13BrINO. The van der Waals surface area contributed by atoms with Crippen molar-refractivity contribution in [2.75, 3.05) is 5.32 Å². The highest BCUT2D eigenvalue weighted by molar-refractivity contribution is 14.1. The lowest BCUT2D eigenvalue weighted by atomic mass is 10.1. The van der Waals surface area contributed by atoms with Crippen molar-refractivity contribution < 1.29 is 5.11 Å². The average Bonchev–Trinajstić information content (AvgIpc) is 2.34. The number of phenols is 1. The van der Waals surface area contributed by atoms with Gasteiger partial charge in [-0.1, -0.05) is 12.1 Å². The molecule has 94 valence electrons. The van der Waals surface area contributed by atoms with E-state index in [1.807, 2.05) is 24.3 Å². The molecular weight excluding hydrogens is 405 g/mol. The quantitative estimate of drug-likeness (QED) is 0.693. The van der Waals surface area contributed by atoms with E-state index in [1.165, 1.54) is 3.57 Å². The van der Waals surface area contributed by atoms with E-state index in [-0.39, 0.29) is 6.04 Å². The fourth-order valence-electron chi connectivity index (χ4n) is 1.71. The molecule has 0 saturated heterocycles. The third kappa shape index (κ3) is 3.38. The van der Waals surface area contributed by atoms with Crippen LogP contribution in [0.1, 0.15) is 18.5 Å². The Hall–Kier alpha value is -0.750. The van der Waals surface area contributed by atoms with E-state index in [2.05, 4.69) is 56.8 Å². The van der Waals surface area contributed by atoms with Gasteiger partial charge in [-0.3, -0.25) is 0 Å². The number of rotatable bonds is 3. The first-order chi connectivity index (χ1) is 8.56. The van der Waals surface area contributed by atoms with Gasteiger partial charge in [0.1, 0.15) is 5.75 Å². The van der Waals surface area contributed by atoms with E-state index in [0.717, 1.165) is 15.7 Å². The summed E-state index contributed by atoms with van der Waals surface area (Å²) in [6.07, 6.45) is 0. The van der Waals surface area contributed by atoms with Crippen LogP contribution in [0.4, 0.5) is 5.69 Å². The van der Waals surface area contributed by atoms with Gasteiger partial charge in [-0.2, -0.15) is 0 Å². The molecule has 4 heteroatoms. The van der Waals surface area contributed by atoms with Crippen LogP contribution < -0.4 is 5.32 Å². The lowest BCUT2D eigenvalue weighted by Gasteiger charge is -2.16. The van der Waals surface area contributed by atoms with E-state index in [4.69, 9.17) is 0 Å². The SMILES string of the molecule is CC(Nc1ccc(Br)c(I)c1)c1cccc(O)c1. The number of nitrogens with one attached hydrogen (secondary N) is 1. The molecule has 0 bridgehead atoms. The molecule has 2 aromatic rings. The average molecular weight is 418 g/mol. The summed E-state index contributed by atoms with van der Waals surface area (Å²) in [5.74, 6) is 0.298. The highest BCUT2D eigenvalue weighted by Crippen LogP contribution is 2.26. The van der Waals surface area contributed by atoms with E-state index < -0.39 is 0 Å². The van der Waals surface area contributed by atoms with Crippen molar-refractivity contribution >= 4 is 44.2 Å². The number of hydrogen-bond donors (Lipinski definition) is 2. The zero-order valence-corrected chi connectivity index (χ0v) is 13.6. The van der Waals surface area contributed by atoms with Gasteiger partial charge in [0.05, 0.1) is 0 Å². The third-order valence-corrected chi connectivity index (χ3v) is 5.00. The van der Waals surface area contributed by atoms with E-state index >= 15 is 0 Å². The van der Waals surface area contributed by atoms with Crippen LogP contribution in [0.5, 0.6) is 5.75 Å². The maximum atomic E-state index is 9.47. The lowest BCUT2D eigenvalue weighted by Crippen LogP contribution is -2.06. The molecule has 0 saturated carbocycles. The van der Waals surface area contributed by atoms with Gasteiger partial charge >= 0.3 is 0 Å². The van der Waals surface area contributed by atoms with Gasteiger partial charge in [-0.25, -0.2) is 0 Å². The molecule has 2 N–H and O–H groups in total. The second-order valence-corrected chi connectivity index (χ2v) is 6.11. The number of phenolic OH excluding ortho intramolecular Hbond substituents is 1. The minimum atomic E-state index is 0.147. The minimum absolute atomic E-state index is 0.147. The molecule has 0 radical (unpaired) electrons. The molecule has 0 aromatic heterocycles. The van der Waals surface area contributed by atoms with Gasteiger partial charge in [0, 0.05) is 19.8 Å². The van der Waals surface area contributed by atoms with Gasteiger partial charge in [-0.15, -0.1) is 0 Å². The summed E-state index contributed by atoms with van der Waals surface area (Å²) in [7, 11) is 0. The van der Waals surface area contributed by atoms with Crippen LogP contribution >= 0.6 is 38.5 Å². The van der Waals surface area contributed by atoms with Crippen molar-refractivity contribution in [3.8, 4) is 5.75 Å². The monoisotopic (exact) mass is 417 g/mol. The summed E-state index contributed by atoms with van der Waals surface area (Å²) in [4.78, 5) is 0. The first-order valence-corrected chi connectivity index (χ1v) is 7.44. The Morgan fingerprint density at radius 2 is 2.00 bits per heavy atom. The van der Waals surface area contributed by atoms with Crippen molar-refractivity contribution in [3.63, 3.8) is 0 Å². The van der Waals surface area contributed by atoms with E-state index in [9.17, 15) is 5.11 Å². The molecule has 0 amide bonds. The van der Waals surface area contributed by atoms with Crippen molar-refractivity contribution in [1.29, 1.82) is 0 Å². The Morgan fingerprint density at radius 3 is 2.67 bits per heavy atom. The summed E-state index contributed by atoms with van der Waals surface area (Å²) in [5.41, 5.74) is 2.13. The molecule has 0 spiro atoms. The maximum Gasteiger partial charge on any atom is 0.115 e. The largest absolute Gasteiger partial charge is 0.508 e. The van der Waals surface area contributed by atoms with Gasteiger partial charge in [-0.05, 0) is 81.3 Å². The summed E-state index contributed by atoms with van der Waals surface area (Å²) in [6, 6.07) is 13.6. The Balaban J connectivity index is 2.16. The van der Waals surface area contributed by atoms with Gasteiger partial charge in [0.15, 0.2) is 0 Å². The molecule has 0 heterocycles. The number of aromatic hydroxyl groups is 1. The van der Waals surface area contributed by atoms with Crippen molar-refractivity contribution in [2.24, 2.45) is 0 Å². The Kier molecular flexibility index (Phi) is 4.50. The van der Waals surface area contributed by atoms with Crippen LogP contribution in [0.25, 0.3) is 0 Å². The molecule has 2 aromatic carbocycles. The fraction of sp³-hybridized carbons (Fsp3) is 0.143.